The zero-order valence-corrected chi connectivity index (χ0v) is 12.6. The van der Waals surface area contributed by atoms with Crippen molar-refractivity contribution in [3.05, 3.63) is 35.9 Å². The van der Waals surface area contributed by atoms with Crippen LogP contribution in [0.15, 0.2) is 30.3 Å². The van der Waals surface area contributed by atoms with Crippen molar-refractivity contribution in [2.75, 3.05) is 6.58 Å². The third-order valence-electron chi connectivity index (χ3n) is 3.17. The summed E-state index contributed by atoms with van der Waals surface area (Å²) in [7, 11) is -4.96. The Kier molecular flexibility index (Phi) is 5.56. The van der Waals surface area contributed by atoms with Gasteiger partial charge in [0.15, 0.2) is 6.29 Å². The Bertz CT molecular complexity index is 626. The molecule has 23 heavy (non-hydrogen) atoms. The number of rotatable bonds is 6. The third kappa shape index (κ3) is 5.19. The molecule has 1 aromatic carbocycles. The lowest BCUT2D eigenvalue weighted by molar-refractivity contribution is -0.303. The zero-order chi connectivity index (χ0) is 17.9. The molecular formula is C13H18O9S. The van der Waals surface area contributed by atoms with Crippen LogP contribution < -0.4 is 0 Å². The summed E-state index contributed by atoms with van der Waals surface area (Å²) in [6, 6.07) is 8.80. The van der Waals surface area contributed by atoms with Crippen molar-refractivity contribution in [3.8, 4) is 0 Å². The molecule has 0 aliphatic carbocycles. The molecule has 1 saturated heterocycles. The molecule has 0 saturated carbocycles. The van der Waals surface area contributed by atoms with Crippen molar-refractivity contribution in [1.29, 1.82) is 0 Å². The zero-order valence-electron chi connectivity index (χ0n) is 12.8. The van der Waals surface area contributed by atoms with Gasteiger partial charge in [-0.15, -0.1) is 0 Å². The highest BCUT2D eigenvalue weighted by Crippen LogP contribution is 2.23. The quantitative estimate of drug-likeness (QED) is 0.466. The summed E-state index contributed by atoms with van der Waals surface area (Å²) < 4.78 is 51.9. The first-order chi connectivity index (χ1) is 11.2. The van der Waals surface area contributed by atoms with Gasteiger partial charge in [-0.1, -0.05) is 30.3 Å². The monoisotopic (exact) mass is 351 g/mol. The average Bonchev–Trinajstić information content (AvgIpc) is 2.51. The van der Waals surface area contributed by atoms with Crippen LogP contribution in [0.2, 0.25) is 0 Å². The number of hydrogen-bond donors (Lipinski definition) is 4. The maximum absolute atomic E-state index is 10.7. The van der Waals surface area contributed by atoms with Gasteiger partial charge in [-0.25, -0.2) is 4.18 Å². The van der Waals surface area contributed by atoms with Gasteiger partial charge >= 0.3 is 10.4 Å². The van der Waals surface area contributed by atoms with Gasteiger partial charge in [0.2, 0.25) is 0 Å². The number of hydrogen-bond acceptors (Lipinski definition) is 8. The van der Waals surface area contributed by atoms with Crippen molar-refractivity contribution in [3.63, 3.8) is 0 Å². The summed E-state index contributed by atoms with van der Waals surface area (Å²) in [5.41, 5.74) is 0.738. The molecular weight excluding hydrogens is 332 g/mol. The predicted octanol–water partition coefficient (Wildman–Crippen LogP) is -1.17. The highest BCUT2D eigenvalue weighted by molar-refractivity contribution is 7.80. The molecule has 6 atom stereocenters. The maximum Gasteiger partial charge on any atom is 0.397 e. The van der Waals surface area contributed by atoms with Crippen LogP contribution in [0.4, 0.5) is 0 Å². The first kappa shape index (κ1) is 16.7. The molecule has 1 heterocycles. The second-order valence-corrected chi connectivity index (χ2v) is 5.95. The number of aliphatic hydroxyl groups excluding tert-OH is 3. The van der Waals surface area contributed by atoms with Crippen LogP contribution in [-0.2, 0) is 30.7 Å². The van der Waals surface area contributed by atoms with E-state index in [-0.39, 0.29) is 6.61 Å². The highest BCUT2D eigenvalue weighted by Gasteiger charge is 2.44. The van der Waals surface area contributed by atoms with Gasteiger partial charge in [-0.05, 0) is 5.56 Å². The molecule has 0 amide bonds. The molecule has 10 heteroatoms. The SMILES string of the molecule is [2H]C(OS(=O)(=O)O)[C@H]1O[C@@H](OCc2ccccc2)[C@H](O)[C@@H](O)[C@@H]1O. The van der Waals surface area contributed by atoms with Crippen LogP contribution in [0.25, 0.3) is 0 Å². The van der Waals surface area contributed by atoms with Crippen molar-refractivity contribution < 1.29 is 43.3 Å². The normalized spacial score (nSPS) is 33.9. The highest BCUT2D eigenvalue weighted by atomic mass is 32.3. The van der Waals surface area contributed by atoms with E-state index in [9.17, 15) is 23.7 Å². The molecule has 130 valence electrons. The van der Waals surface area contributed by atoms with Crippen LogP contribution in [0.1, 0.15) is 6.93 Å². The summed E-state index contributed by atoms with van der Waals surface area (Å²) in [6.45, 7) is -2.07. The lowest BCUT2D eigenvalue weighted by atomic mass is 9.99. The molecule has 0 radical (unpaired) electrons. The van der Waals surface area contributed by atoms with Gasteiger partial charge in [-0.3, -0.25) is 4.55 Å². The van der Waals surface area contributed by atoms with Gasteiger partial charge in [0.1, 0.15) is 24.4 Å². The number of aliphatic hydroxyl groups is 3. The fourth-order valence-electron chi connectivity index (χ4n) is 2.00. The molecule has 1 unspecified atom stereocenters. The predicted molar refractivity (Wildman–Crippen MR) is 75.4 cm³/mol. The molecule has 1 aromatic rings. The van der Waals surface area contributed by atoms with E-state index < -0.39 is 47.7 Å². The number of benzene rings is 1. The first-order valence-corrected chi connectivity index (χ1v) is 7.98. The second kappa shape index (κ2) is 7.64. The Morgan fingerprint density at radius 1 is 1.13 bits per heavy atom. The molecule has 1 aliphatic rings. The van der Waals surface area contributed by atoms with E-state index in [1.165, 1.54) is 0 Å². The van der Waals surface area contributed by atoms with E-state index in [0.717, 1.165) is 5.56 Å². The van der Waals surface area contributed by atoms with Crippen LogP contribution in [-0.4, -0.2) is 65.6 Å². The molecule has 9 nitrogen and oxygen atoms in total. The minimum Gasteiger partial charge on any atom is -0.387 e. The summed E-state index contributed by atoms with van der Waals surface area (Å²) in [5.74, 6) is 0. The average molecular weight is 351 g/mol. The van der Waals surface area contributed by atoms with E-state index in [1.54, 1.807) is 30.3 Å². The Hall–Kier alpha value is -1.11. The van der Waals surface area contributed by atoms with Gasteiger partial charge in [0, 0.05) is 0 Å². The smallest absolute Gasteiger partial charge is 0.387 e. The lowest BCUT2D eigenvalue weighted by Crippen LogP contribution is -2.59. The fourth-order valence-corrected chi connectivity index (χ4v) is 2.25. The fraction of sp³-hybridized carbons (Fsp3) is 0.538. The molecule has 0 spiro atoms. The van der Waals surface area contributed by atoms with Crippen molar-refractivity contribution in [2.24, 2.45) is 0 Å². The van der Waals surface area contributed by atoms with E-state index in [0.29, 0.717) is 0 Å². The lowest BCUT2D eigenvalue weighted by Gasteiger charge is -2.39. The number of ether oxygens (including phenoxy) is 2. The summed E-state index contributed by atoms with van der Waals surface area (Å²) in [6.07, 6.45) is -8.32. The van der Waals surface area contributed by atoms with E-state index >= 15 is 0 Å². The van der Waals surface area contributed by atoms with Crippen LogP contribution in [0, 0.1) is 0 Å². The molecule has 0 aromatic heterocycles. The Labute approximate surface area is 134 Å². The standard InChI is InChI=1S/C13H18O9S/c14-10-9(7-21-23(17,18)19)22-13(12(16)11(10)15)20-6-8-4-2-1-3-5-8/h1-5,9-16H,6-7H2,(H,17,18,19)/t9-,10-,11+,12-,13-/m1/s1/i7D/t7?,9-,10-,11+,12-,13-. The summed E-state index contributed by atoms with van der Waals surface area (Å²) >= 11 is 0. The van der Waals surface area contributed by atoms with Gasteiger partial charge in [0.05, 0.1) is 14.6 Å². The van der Waals surface area contributed by atoms with Gasteiger partial charge in [0.25, 0.3) is 0 Å². The van der Waals surface area contributed by atoms with Crippen molar-refractivity contribution >= 4 is 10.4 Å². The van der Waals surface area contributed by atoms with E-state index in [1.807, 2.05) is 0 Å². The topological polar surface area (TPSA) is 143 Å². The minimum atomic E-state index is -4.96. The molecule has 2 rings (SSSR count). The molecule has 4 N–H and O–H groups in total. The summed E-state index contributed by atoms with van der Waals surface area (Å²) in [5, 5.41) is 29.5. The van der Waals surface area contributed by atoms with E-state index in [2.05, 4.69) is 4.18 Å². The first-order valence-electron chi connectivity index (χ1n) is 7.20. The van der Waals surface area contributed by atoms with Crippen LogP contribution in [0.5, 0.6) is 0 Å². The van der Waals surface area contributed by atoms with Crippen molar-refractivity contribution in [1.82, 2.24) is 0 Å². The minimum absolute atomic E-state index is 0.0000751. The third-order valence-corrected chi connectivity index (χ3v) is 3.53. The van der Waals surface area contributed by atoms with Gasteiger partial charge in [-0.2, -0.15) is 8.42 Å². The second-order valence-electron chi connectivity index (χ2n) is 4.90. The molecule has 0 bridgehead atoms. The maximum atomic E-state index is 10.7. The Balaban J connectivity index is 2.05. The molecule has 1 fully saturated rings. The Morgan fingerprint density at radius 3 is 2.39 bits per heavy atom. The summed E-state index contributed by atoms with van der Waals surface area (Å²) in [4.78, 5) is 0. The van der Waals surface area contributed by atoms with E-state index in [4.69, 9.17) is 15.4 Å². The van der Waals surface area contributed by atoms with Crippen LogP contribution in [0.3, 0.4) is 0 Å². The molecule has 1 aliphatic heterocycles. The van der Waals surface area contributed by atoms with Crippen LogP contribution >= 0.6 is 0 Å². The van der Waals surface area contributed by atoms with Crippen molar-refractivity contribution in [2.45, 2.75) is 37.3 Å². The Morgan fingerprint density at radius 2 is 1.78 bits per heavy atom. The van der Waals surface area contributed by atoms with Gasteiger partial charge < -0.3 is 24.8 Å². The largest absolute Gasteiger partial charge is 0.397 e.